The zero-order valence-electron chi connectivity index (χ0n) is 18.2. The van der Waals surface area contributed by atoms with Gasteiger partial charge in [0.15, 0.2) is 0 Å². The Kier molecular flexibility index (Phi) is 7.06. The zero-order valence-corrected chi connectivity index (χ0v) is 18.2. The molecule has 3 unspecified atom stereocenters. The van der Waals surface area contributed by atoms with Crippen LogP contribution >= 0.6 is 0 Å². The van der Waals surface area contributed by atoms with Crippen LogP contribution in [0.3, 0.4) is 0 Å². The summed E-state index contributed by atoms with van der Waals surface area (Å²) in [7, 11) is 0. The molecule has 0 spiro atoms. The van der Waals surface area contributed by atoms with Crippen molar-refractivity contribution in [2.75, 3.05) is 11.9 Å². The van der Waals surface area contributed by atoms with Crippen molar-refractivity contribution >= 4 is 17.5 Å². The lowest BCUT2D eigenvalue weighted by molar-refractivity contribution is -0.120. The topological polar surface area (TPSA) is 82.4 Å². The molecule has 1 aliphatic carbocycles. The maximum atomic E-state index is 13.4. The number of benzene rings is 2. The third kappa shape index (κ3) is 4.94. The number of hydrogen-bond acceptors (Lipinski definition) is 4. The molecular weight excluding hydrogens is 402 g/mol. The highest BCUT2D eigenvalue weighted by molar-refractivity contribution is 6.02. The number of nitriles is 1. The van der Waals surface area contributed by atoms with E-state index in [4.69, 9.17) is 10.00 Å². The highest BCUT2D eigenvalue weighted by Crippen LogP contribution is 2.41. The Bertz CT molecular complexity index is 985. The molecule has 0 bridgehead atoms. The molecule has 0 aromatic heterocycles. The average molecular weight is 432 g/mol. The van der Waals surface area contributed by atoms with Crippen LogP contribution in [0.4, 0.5) is 5.69 Å². The van der Waals surface area contributed by atoms with Gasteiger partial charge in [-0.3, -0.25) is 9.59 Å². The Morgan fingerprint density at radius 3 is 2.72 bits per heavy atom. The van der Waals surface area contributed by atoms with Crippen LogP contribution in [0.1, 0.15) is 55.3 Å². The van der Waals surface area contributed by atoms with Crippen molar-refractivity contribution in [2.45, 2.75) is 57.0 Å². The molecule has 0 radical (unpaired) electrons. The minimum Gasteiger partial charge on any atom is -0.493 e. The van der Waals surface area contributed by atoms with Crippen molar-refractivity contribution in [1.29, 1.82) is 5.26 Å². The number of carbonyl (C=O) groups excluding carboxylic acids is 2. The second-order valence-corrected chi connectivity index (χ2v) is 8.57. The fourth-order valence-electron chi connectivity index (χ4n) is 4.95. The Hall–Kier alpha value is -3.33. The summed E-state index contributed by atoms with van der Waals surface area (Å²) in [4.78, 5) is 28.6. The monoisotopic (exact) mass is 431 g/mol. The first-order valence-electron chi connectivity index (χ1n) is 11.5. The van der Waals surface area contributed by atoms with Gasteiger partial charge >= 0.3 is 0 Å². The van der Waals surface area contributed by atoms with E-state index in [0.717, 1.165) is 25.7 Å². The van der Waals surface area contributed by atoms with E-state index in [-0.39, 0.29) is 17.9 Å². The van der Waals surface area contributed by atoms with Gasteiger partial charge in [0.1, 0.15) is 11.8 Å². The highest BCUT2D eigenvalue weighted by Gasteiger charge is 2.47. The SMILES string of the molecule is N#CCCCOc1cccc(NC(=O)C2CC3CCCCC3N2C(=O)c2ccccc2)c1. The molecule has 2 aliphatic rings. The van der Waals surface area contributed by atoms with Crippen LogP contribution in [0.5, 0.6) is 5.75 Å². The largest absolute Gasteiger partial charge is 0.493 e. The van der Waals surface area contributed by atoms with Crippen LogP contribution in [0.25, 0.3) is 0 Å². The van der Waals surface area contributed by atoms with Crippen molar-refractivity contribution in [2.24, 2.45) is 5.92 Å². The first-order chi connectivity index (χ1) is 15.7. The Balaban J connectivity index is 1.49. The number of likely N-dealkylation sites (tertiary alicyclic amines) is 1. The van der Waals surface area contributed by atoms with Crippen molar-refractivity contribution in [1.82, 2.24) is 4.90 Å². The molecule has 1 heterocycles. The summed E-state index contributed by atoms with van der Waals surface area (Å²) in [5.74, 6) is 0.819. The molecule has 1 saturated heterocycles. The Morgan fingerprint density at radius 2 is 1.91 bits per heavy atom. The van der Waals surface area contributed by atoms with Gasteiger partial charge in [-0.25, -0.2) is 0 Å². The Morgan fingerprint density at radius 1 is 1.09 bits per heavy atom. The third-order valence-corrected chi connectivity index (χ3v) is 6.45. The molecule has 3 atom stereocenters. The van der Waals surface area contributed by atoms with Gasteiger partial charge in [-0.15, -0.1) is 0 Å². The molecule has 1 N–H and O–H groups in total. The molecule has 32 heavy (non-hydrogen) atoms. The van der Waals surface area contributed by atoms with Crippen LogP contribution in [-0.2, 0) is 4.79 Å². The summed E-state index contributed by atoms with van der Waals surface area (Å²) >= 11 is 0. The van der Waals surface area contributed by atoms with Gasteiger partial charge in [-0.1, -0.05) is 37.1 Å². The van der Waals surface area contributed by atoms with E-state index in [1.807, 2.05) is 53.4 Å². The maximum Gasteiger partial charge on any atom is 0.254 e. The predicted octanol–water partition coefficient (Wildman–Crippen LogP) is 4.78. The fraction of sp³-hybridized carbons (Fsp3) is 0.423. The molecule has 6 heteroatoms. The number of unbranched alkanes of at least 4 members (excludes halogenated alkanes) is 1. The smallest absolute Gasteiger partial charge is 0.254 e. The molecule has 2 aromatic carbocycles. The van der Waals surface area contributed by atoms with Gasteiger partial charge < -0.3 is 15.0 Å². The normalized spacial score (nSPS) is 22.0. The third-order valence-electron chi connectivity index (χ3n) is 6.45. The van der Waals surface area contributed by atoms with Crippen LogP contribution in [0.15, 0.2) is 54.6 Å². The molecule has 4 rings (SSSR count). The maximum absolute atomic E-state index is 13.4. The highest BCUT2D eigenvalue weighted by atomic mass is 16.5. The van der Waals surface area contributed by atoms with Gasteiger partial charge in [0.2, 0.25) is 5.91 Å². The van der Waals surface area contributed by atoms with Crippen LogP contribution in [0.2, 0.25) is 0 Å². The summed E-state index contributed by atoms with van der Waals surface area (Å²) in [6.07, 6.45) is 6.10. The molecule has 1 aliphatic heterocycles. The number of rotatable bonds is 7. The van der Waals surface area contributed by atoms with Crippen molar-refractivity contribution < 1.29 is 14.3 Å². The number of anilines is 1. The fourth-order valence-corrected chi connectivity index (χ4v) is 4.95. The number of fused-ring (bicyclic) bond motifs is 1. The van der Waals surface area contributed by atoms with Crippen LogP contribution in [-0.4, -0.2) is 35.4 Å². The average Bonchev–Trinajstić information content (AvgIpc) is 3.22. The standard InChI is InChI=1S/C26H29N3O3/c27-15-6-7-16-32-22-13-8-12-21(18-22)28-25(30)24-17-20-11-4-5-14-23(20)29(24)26(31)19-9-2-1-3-10-19/h1-3,8-10,12-13,18,20,23-24H,4-7,11,14,16-17H2,(H,28,30). The number of nitrogens with one attached hydrogen (secondary N) is 1. The molecule has 6 nitrogen and oxygen atoms in total. The quantitative estimate of drug-likeness (QED) is 0.640. The van der Waals surface area contributed by atoms with E-state index in [9.17, 15) is 9.59 Å². The summed E-state index contributed by atoms with van der Waals surface area (Å²) in [6.45, 7) is 0.455. The van der Waals surface area contributed by atoms with Gasteiger partial charge in [-0.2, -0.15) is 5.26 Å². The molecule has 166 valence electrons. The number of ether oxygens (including phenoxy) is 1. The first-order valence-corrected chi connectivity index (χ1v) is 11.5. The summed E-state index contributed by atoms with van der Waals surface area (Å²) in [5, 5.41) is 11.6. The van der Waals surface area contributed by atoms with E-state index in [1.54, 1.807) is 6.07 Å². The molecular formula is C26H29N3O3. The summed E-state index contributed by atoms with van der Waals surface area (Å²) in [5.41, 5.74) is 1.28. The summed E-state index contributed by atoms with van der Waals surface area (Å²) < 4.78 is 5.68. The van der Waals surface area contributed by atoms with E-state index < -0.39 is 6.04 Å². The first kappa shape index (κ1) is 21.9. The van der Waals surface area contributed by atoms with Gasteiger partial charge in [0.05, 0.1) is 12.7 Å². The Labute approximate surface area is 189 Å². The lowest BCUT2D eigenvalue weighted by atomic mass is 9.84. The second-order valence-electron chi connectivity index (χ2n) is 8.57. The number of amides is 2. The lowest BCUT2D eigenvalue weighted by Crippen LogP contribution is -2.47. The number of hydrogen-bond donors (Lipinski definition) is 1. The lowest BCUT2D eigenvalue weighted by Gasteiger charge is -2.33. The number of nitrogens with zero attached hydrogens (tertiary/aromatic N) is 2. The van der Waals surface area contributed by atoms with Gasteiger partial charge in [0, 0.05) is 29.8 Å². The van der Waals surface area contributed by atoms with E-state index in [2.05, 4.69) is 11.4 Å². The van der Waals surface area contributed by atoms with Crippen molar-refractivity contribution in [3.05, 3.63) is 60.2 Å². The van der Waals surface area contributed by atoms with Gasteiger partial charge in [0.25, 0.3) is 5.91 Å². The minimum absolute atomic E-state index is 0.0604. The predicted molar refractivity (Wildman–Crippen MR) is 122 cm³/mol. The summed E-state index contributed by atoms with van der Waals surface area (Å²) in [6, 6.07) is 18.3. The minimum atomic E-state index is -0.476. The van der Waals surface area contributed by atoms with E-state index >= 15 is 0 Å². The molecule has 1 saturated carbocycles. The molecule has 2 fully saturated rings. The van der Waals surface area contributed by atoms with Crippen molar-refractivity contribution in [3.8, 4) is 11.8 Å². The van der Waals surface area contributed by atoms with E-state index in [1.165, 1.54) is 0 Å². The van der Waals surface area contributed by atoms with Crippen LogP contribution in [0, 0.1) is 17.2 Å². The zero-order chi connectivity index (χ0) is 22.3. The van der Waals surface area contributed by atoms with E-state index in [0.29, 0.717) is 48.8 Å². The molecule has 2 aromatic rings. The van der Waals surface area contributed by atoms with Gasteiger partial charge in [-0.05, 0) is 55.9 Å². The van der Waals surface area contributed by atoms with Crippen LogP contribution < -0.4 is 10.1 Å². The van der Waals surface area contributed by atoms with Crippen molar-refractivity contribution in [3.63, 3.8) is 0 Å². The number of carbonyl (C=O) groups is 2. The molecule has 2 amide bonds. The second kappa shape index (κ2) is 10.3.